The van der Waals surface area contributed by atoms with Crippen LogP contribution in [0, 0.1) is 17.8 Å². The third kappa shape index (κ3) is 15.6. The average Bonchev–Trinajstić information content (AvgIpc) is 3.31. The van der Waals surface area contributed by atoms with Gasteiger partial charge in [0.15, 0.2) is 0 Å². The Morgan fingerprint density at radius 2 is 0.656 bits per heavy atom. The van der Waals surface area contributed by atoms with Gasteiger partial charge in [0.25, 0.3) is 0 Å². The van der Waals surface area contributed by atoms with Crippen LogP contribution < -0.4 is 0 Å². The van der Waals surface area contributed by atoms with E-state index < -0.39 is 58.3 Å². The van der Waals surface area contributed by atoms with E-state index in [1.807, 2.05) is 121 Å². The summed E-state index contributed by atoms with van der Waals surface area (Å²) in [7, 11) is 0. The molecule has 10 nitrogen and oxygen atoms in total. The molecule has 3 aliphatic carbocycles. The second-order valence-corrected chi connectivity index (χ2v) is 19.7. The van der Waals surface area contributed by atoms with Crippen molar-refractivity contribution in [1.29, 1.82) is 0 Å². The Kier molecular flexibility index (Phi) is 18.0. The Hall–Kier alpha value is -4.00. The maximum atomic E-state index is 14.2. The molecule has 64 heavy (non-hydrogen) atoms. The lowest BCUT2D eigenvalue weighted by molar-refractivity contribution is -0.177. The van der Waals surface area contributed by atoms with E-state index in [1.165, 1.54) is 0 Å². The zero-order valence-corrected chi connectivity index (χ0v) is 38.1. The lowest BCUT2D eigenvalue weighted by atomic mass is 9.83. The molecule has 0 spiro atoms. The topological polar surface area (TPSA) is 116 Å². The highest BCUT2D eigenvalue weighted by molar-refractivity contribution is 6.67. The van der Waals surface area contributed by atoms with Crippen LogP contribution in [0.3, 0.4) is 0 Å². The summed E-state index contributed by atoms with van der Waals surface area (Å²) < 4.78 is 41.6. The van der Waals surface area contributed by atoms with Crippen molar-refractivity contribution in [2.75, 3.05) is 6.61 Å². The molecular formula is C51H57Cl3O10. The summed E-state index contributed by atoms with van der Waals surface area (Å²) in [6.45, 7) is 1.12. The van der Waals surface area contributed by atoms with Crippen molar-refractivity contribution in [2.24, 2.45) is 17.8 Å². The zero-order valence-electron chi connectivity index (χ0n) is 35.9. The number of carbonyl (C=O) groups is 3. The van der Waals surface area contributed by atoms with E-state index in [0.29, 0.717) is 65.0 Å². The second-order valence-electron chi connectivity index (χ2n) is 17.2. The Morgan fingerprint density at radius 3 is 0.953 bits per heavy atom. The SMILES string of the molecule is O=C(OCC(Cl)(Cl)Cl)C1CC(OC(=O)C2CC(OCc3ccccc3)CC(OCc3ccccc3)C2)CC(OC(=O)C2CC(OCc3ccccc3)CC(OCc3ccccc3)C2)C1. The van der Waals surface area contributed by atoms with Crippen molar-refractivity contribution >= 4 is 52.7 Å². The first-order chi connectivity index (χ1) is 31.0. The number of benzene rings is 4. The van der Waals surface area contributed by atoms with Gasteiger partial charge >= 0.3 is 17.9 Å². The highest BCUT2D eigenvalue weighted by Crippen LogP contribution is 2.37. The number of esters is 3. The summed E-state index contributed by atoms with van der Waals surface area (Å²) in [5.41, 5.74) is 4.12. The quantitative estimate of drug-likeness (QED) is 0.0542. The van der Waals surface area contributed by atoms with Crippen molar-refractivity contribution in [3.63, 3.8) is 0 Å². The second kappa shape index (κ2) is 24.0. The summed E-state index contributed by atoms with van der Waals surface area (Å²) in [5.74, 6) is -3.32. The van der Waals surface area contributed by atoms with Gasteiger partial charge in [0.1, 0.15) is 18.8 Å². The maximum absolute atomic E-state index is 14.2. The number of ether oxygens (including phenoxy) is 7. The lowest BCUT2D eigenvalue weighted by Crippen LogP contribution is -2.43. The number of rotatable bonds is 18. The van der Waals surface area contributed by atoms with Crippen LogP contribution in [-0.4, -0.2) is 64.9 Å². The van der Waals surface area contributed by atoms with Gasteiger partial charge in [-0.1, -0.05) is 156 Å². The number of alkyl halides is 3. The van der Waals surface area contributed by atoms with Crippen LogP contribution in [0.4, 0.5) is 0 Å². The van der Waals surface area contributed by atoms with E-state index in [0.717, 1.165) is 22.3 Å². The largest absolute Gasteiger partial charge is 0.462 e. The predicted octanol–water partition coefficient (Wildman–Crippen LogP) is 10.5. The fourth-order valence-electron chi connectivity index (χ4n) is 8.91. The molecule has 6 atom stereocenters. The third-order valence-corrected chi connectivity index (χ3v) is 12.4. The molecule has 0 N–H and O–H groups in total. The monoisotopic (exact) mass is 934 g/mol. The highest BCUT2D eigenvalue weighted by atomic mass is 35.6. The number of carbonyl (C=O) groups excluding carboxylic acids is 3. The molecule has 0 aliphatic heterocycles. The Labute approximate surface area is 391 Å². The van der Waals surface area contributed by atoms with Gasteiger partial charge in [-0.05, 0) is 73.6 Å². The normalized spacial score (nSPS) is 26.1. The van der Waals surface area contributed by atoms with E-state index in [9.17, 15) is 14.4 Å². The van der Waals surface area contributed by atoms with Crippen LogP contribution in [-0.2, 0) is 74.0 Å². The highest BCUT2D eigenvalue weighted by Gasteiger charge is 2.43. The molecule has 0 saturated heterocycles. The van der Waals surface area contributed by atoms with Crippen molar-refractivity contribution in [2.45, 2.75) is 125 Å². The van der Waals surface area contributed by atoms with Crippen LogP contribution in [0.1, 0.15) is 80.0 Å². The Morgan fingerprint density at radius 1 is 0.391 bits per heavy atom. The maximum Gasteiger partial charge on any atom is 0.309 e. The van der Waals surface area contributed by atoms with Crippen LogP contribution in [0.2, 0.25) is 0 Å². The molecule has 0 bridgehead atoms. The summed E-state index contributed by atoms with van der Waals surface area (Å²) in [4.78, 5) is 41.9. The van der Waals surface area contributed by atoms with E-state index in [2.05, 4.69) is 0 Å². The van der Waals surface area contributed by atoms with Gasteiger partial charge in [0.2, 0.25) is 3.79 Å². The first-order valence-corrected chi connectivity index (χ1v) is 23.4. The molecule has 13 heteroatoms. The van der Waals surface area contributed by atoms with E-state index >= 15 is 0 Å². The standard InChI is InChI=1S/C51H57Cl3O10/c52-51(53,54)34-62-48(55)39-25-46(63-49(56)40-21-42(58-30-35-13-5-1-6-14-35)27-43(22-40)59-31-36-15-7-2-8-16-36)29-47(26-39)64-50(57)41-23-44(60-32-37-17-9-3-10-18-37)28-45(24-41)61-33-38-19-11-4-12-20-38/h1-20,39-47H,21-34H2. The number of halogens is 3. The summed E-state index contributed by atoms with van der Waals surface area (Å²) in [5, 5.41) is 0. The number of hydrogen-bond donors (Lipinski definition) is 0. The fourth-order valence-corrected chi connectivity index (χ4v) is 9.07. The minimum Gasteiger partial charge on any atom is -0.462 e. The first-order valence-electron chi connectivity index (χ1n) is 22.3. The van der Waals surface area contributed by atoms with Crippen LogP contribution in [0.15, 0.2) is 121 Å². The molecule has 0 amide bonds. The molecule has 6 unspecified atom stereocenters. The van der Waals surface area contributed by atoms with E-state index in [4.69, 9.17) is 68.0 Å². The third-order valence-electron chi connectivity index (χ3n) is 12.1. The number of hydrogen-bond acceptors (Lipinski definition) is 10. The van der Waals surface area contributed by atoms with Crippen molar-refractivity contribution < 1.29 is 47.5 Å². The van der Waals surface area contributed by atoms with E-state index in [-0.39, 0.29) is 43.7 Å². The molecule has 3 fully saturated rings. The molecular weight excluding hydrogens is 879 g/mol. The summed E-state index contributed by atoms with van der Waals surface area (Å²) in [6, 6.07) is 39.6. The summed E-state index contributed by atoms with van der Waals surface area (Å²) >= 11 is 17.8. The molecule has 3 saturated carbocycles. The summed E-state index contributed by atoms with van der Waals surface area (Å²) in [6.07, 6.45) is 1.00. The van der Waals surface area contributed by atoms with Crippen LogP contribution in [0.25, 0.3) is 0 Å². The molecule has 342 valence electrons. The molecule has 0 radical (unpaired) electrons. The van der Waals surface area contributed by atoms with Gasteiger partial charge in [0, 0.05) is 6.42 Å². The molecule has 4 aromatic rings. The fraction of sp³-hybridized carbons (Fsp3) is 0.471. The first kappa shape index (κ1) is 47.9. The van der Waals surface area contributed by atoms with Crippen molar-refractivity contribution in [1.82, 2.24) is 0 Å². The predicted molar refractivity (Wildman–Crippen MR) is 243 cm³/mol. The molecule has 0 aromatic heterocycles. The minimum absolute atomic E-state index is 0.154. The van der Waals surface area contributed by atoms with Crippen molar-refractivity contribution in [3.8, 4) is 0 Å². The lowest BCUT2D eigenvalue weighted by Gasteiger charge is -2.38. The molecule has 4 aromatic carbocycles. The van der Waals surface area contributed by atoms with Gasteiger partial charge in [0.05, 0.1) is 68.6 Å². The van der Waals surface area contributed by atoms with Crippen molar-refractivity contribution in [3.05, 3.63) is 144 Å². The van der Waals surface area contributed by atoms with Gasteiger partial charge in [-0.25, -0.2) is 0 Å². The van der Waals surface area contributed by atoms with Gasteiger partial charge in [-0.2, -0.15) is 0 Å². The molecule has 7 rings (SSSR count). The zero-order chi connectivity index (χ0) is 44.7. The average molecular weight is 936 g/mol. The smallest absolute Gasteiger partial charge is 0.309 e. The minimum atomic E-state index is -1.82. The van der Waals surface area contributed by atoms with Gasteiger partial charge in [-0.15, -0.1) is 0 Å². The molecule has 3 aliphatic rings. The van der Waals surface area contributed by atoms with Crippen LogP contribution in [0.5, 0.6) is 0 Å². The molecule has 0 heterocycles. The van der Waals surface area contributed by atoms with E-state index in [1.54, 1.807) is 0 Å². The Balaban J connectivity index is 1.02. The van der Waals surface area contributed by atoms with Gasteiger partial charge in [-0.3, -0.25) is 14.4 Å². The Bertz CT molecular complexity index is 1800. The van der Waals surface area contributed by atoms with Crippen LogP contribution >= 0.6 is 34.8 Å². The van der Waals surface area contributed by atoms with Gasteiger partial charge < -0.3 is 33.2 Å².